The van der Waals surface area contributed by atoms with Crippen LogP contribution in [0.15, 0.2) is 24.3 Å². The zero-order chi connectivity index (χ0) is 26.5. The van der Waals surface area contributed by atoms with E-state index in [0.717, 1.165) is 38.0 Å². The Hall–Kier alpha value is -2.40. The van der Waals surface area contributed by atoms with Gasteiger partial charge in [0, 0.05) is 18.6 Å². The van der Waals surface area contributed by atoms with Crippen molar-refractivity contribution >= 4 is 41.7 Å². The van der Waals surface area contributed by atoms with Gasteiger partial charge in [0.1, 0.15) is 0 Å². The number of nitrogens with one attached hydrogen (secondary N) is 1. The van der Waals surface area contributed by atoms with Crippen molar-refractivity contribution in [3.63, 3.8) is 0 Å². The summed E-state index contributed by atoms with van der Waals surface area (Å²) in [5.74, 6) is -0.599. The molecule has 0 radical (unpaired) electrons. The van der Waals surface area contributed by atoms with Gasteiger partial charge in [-0.2, -0.15) is 5.10 Å². The van der Waals surface area contributed by atoms with E-state index in [0.29, 0.717) is 28.4 Å². The molecule has 3 aliphatic heterocycles. The Balaban J connectivity index is 1.32. The summed E-state index contributed by atoms with van der Waals surface area (Å²) in [4.78, 5) is 27.6. The number of fused-ring (bicyclic) bond motifs is 1. The lowest BCUT2D eigenvalue weighted by Crippen LogP contribution is -2.41. The second kappa shape index (κ2) is 9.73. The highest BCUT2D eigenvalue weighted by Crippen LogP contribution is 2.38. The number of methoxy groups -OCH3 is 1. The van der Waals surface area contributed by atoms with Crippen LogP contribution in [0.5, 0.6) is 0 Å². The largest absolute Gasteiger partial charge is 0.496 e. The molecule has 2 aromatic rings. The first-order chi connectivity index (χ1) is 17.5. The van der Waals surface area contributed by atoms with Gasteiger partial charge in [-0.1, -0.05) is 23.7 Å². The highest BCUT2D eigenvalue weighted by Gasteiger charge is 2.52. The minimum Gasteiger partial charge on any atom is -0.469 e. The fourth-order valence-corrected chi connectivity index (χ4v) is 5.62. The highest BCUT2D eigenvalue weighted by molar-refractivity contribution is 6.66. The summed E-state index contributed by atoms with van der Waals surface area (Å²) in [6.45, 7) is 10.2. The number of carbonyl (C=O) groups is 2. The number of nitrogens with zero attached hydrogens (tertiary/aromatic N) is 3. The number of amides is 1. The number of likely N-dealkylation sites (tertiary alicyclic amines) is 1. The molecule has 2 fully saturated rings. The zero-order valence-corrected chi connectivity index (χ0v) is 22.8. The molecular weight excluding hydrogens is 495 g/mol. The molecule has 5 rings (SSSR count). The molecule has 1 aromatic carbocycles. The lowest BCUT2D eigenvalue weighted by Gasteiger charge is -2.32. The SMILES string of the molecule is COC(=O)[C@@H]1CCN([C@H]2CCCn3nc(C(=O)Nc4cccc(B5OC(C)(C)C(C)(C)O5)c4Cl)cc32)C1. The maximum atomic E-state index is 13.2. The lowest BCUT2D eigenvalue weighted by molar-refractivity contribution is -0.145. The van der Waals surface area contributed by atoms with Crippen LogP contribution in [0.4, 0.5) is 5.69 Å². The predicted molar refractivity (Wildman–Crippen MR) is 141 cm³/mol. The van der Waals surface area contributed by atoms with Crippen LogP contribution in [0.1, 0.15) is 69.2 Å². The summed E-state index contributed by atoms with van der Waals surface area (Å²) < 4.78 is 19.2. The predicted octanol–water partition coefficient (Wildman–Crippen LogP) is 3.42. The van der Waals surface area contributed by atoms with Gasteiger partial charge in [0.2, 0.25) is 0 Å². The Morgan fingerprint density at radius 3 is 2.59 bits per heavy atom. The third-order valence-electron chi connectivity index (χ3n) is 8.21. The molecule has 0 aliphatic carbocycles. The molecule has 1 aromatic heterocycles. The number of halogens is 1. The number of esters is 1. The summed E-state index contributed by atoms with van der Waals surface area (Å²) in [5.41, 5.74) is 1.47. The van der Waals surface area contributed by atoms with Gasteiger partial charge in [-0.05, 0) is 65.6 Å². The first-order valence-electron chi connectivity index (χ1n) is 12.9. The van der Waals surface area contributed by atoms with E-state index in [1.54, 1.807) is 6.07 Å². The molecule has 0 unspecified atom stereocenters. The summed E-state index contributed by atoms with van der Waals surface area (Å²) >= 11 is 6.72. The molecule has 9 nitrogen and oxygen atoms in total. The topological polar surface area (TPSA) is 94.9 Å². The monoisotopic (exact) mass is 528 g/mol. The van der Waals surface area contributed by atoms with Crippen LogP contribution >= 0.6 is 11.6 Å². The number of hydrogen-bond donors (Lipinski definition) is 1. The molecule has 4 heterocycles. The Morgan fingerprint density at radius 1 is 1.16 bits per heavy atom. The van der Waals surface area contributed by atoms with E-state index in [-0.39, 0.29) is 23.8 Å². The Labute approximate surface area is 222 Å². The molecular formula is C26H34BClN4O5. The van der Waals surface area contributed by atoms with Crippen molar-refractivity contribution in [1.82, 2.24) is 14.7 Å². The summed E-state index contributed by atoms with van der Waals surface area (Å²) in [6.07, 6.45) is 2.70. The number of aromatic nitrogens is 2. The quantitative estimate of drug-likeness (QED) is 0.469. The van der Waals surface area contributed by atoms with Gasteiger partial charge in [0.15, 0.2) is 5.69 Å². The van der Waals surface area contributed by atoms with Crippen molar-refractivity contribution in [3.8, 4) is 0 Å². The number of ether oxygens (including phenoxy) is 1. The van der Waals surface area contributed by atoms with E-state index in [2.05, 4.69) is 15.3 Å². The number of rotatable bonds is 5. The fourth-order valence-electron chi connectivity index (χ4n) is 5.36. The maximum Gasteiger partial charge on any atom is 0.496 e. The van der Waals surface area contributed by atoms with Crippen LogP contribution in [0, 0.1) is 5.92 Å². The van der Waals surface area contributed by atoms with Crippen LogP contribution in [0.2, 0.25) is 5.02 Å². The third-order valence-corrected chi connectivity index (χ3v) is 8.63. The first-order valence-corrected chi connectivity index (χ1v) is 13.2. The summed E-state index contributed by atoms with van der Waals surface area (Å²) in [6, 6.07) is 7.40. The fraction of sp³-hybridized carbons (Fsp3) is 0.577. The zero-order valence-electron chi connectivity index (χ0n) is 22.0. The van der Waals surface area contributed by atoms with E-state index < -0.39 is 18.3 Å². The van der Waals surface area contributed by atoms with Crippen molar-refractivity contribution in [3.05, 3.63) is 40.7 Å². The Morgan fingerprint density at radius 2 is 1.89 bits per heavy atom. The average molecular weight is 529 g/mol. The minimum atomic E-state index is -0.635. The molecule has 1 amide bonds. The summed E-state index contributed by atoms with van der Waals surface area (Å²) in [5, 5.41) is 7.90. The van der Waals surface area contributed by atoms with Crippen molar-refractivity contribution in [2.45, 2.75) is 70.7 Å². The van der Waals surface area contributed by atoms with E-state index in [1.165, 1.54) is 7.11 Å². The van der Waals surface area contributed by atoms with Crippen molar-refractivity contribution in [2.24, 2.45) is 5.92 Å². The van der Waals surface area contributed by atoms with E-state index in [4.69, 9.17) is 25.6 Å². The molecule has 0 saturated carbocycles. The number of aryl methyl sites for hydroxylation is 1. The standard InChI is InChI=1S/C26H34BClN4O5/c1-25(2)26(3,4)37-27(36-25)17-8-6-9-18(22(17)28)29-23(33)19-14-21-20(10-7-12-32(21)30-19)31-13-11-16(15-31)24(34)35-5/h6,8-9,14,16,20H,7,10-13,15H2,1-5H3,(H,29,33)/t16-,20+/m1/s1. The second-order valence-corrected chi connectivity index (χ2v) is 11.5. The molecule has 3 aliphatic rings. The van der Waals surface area contributed by atoms with Gasteiger partial charge in [-0.3, -0.25) is 19.2 Å². The maximum absolute atomic E-state index is 13.2. The van der Waals surface area contributed by atoms with Gasteiger partial charge in [-0.15, -0.1) is 0 Å². The van der Waals surface area contributed by atoms with Gasteiger partial charge in [0.05, 0.1) is 46.7 Å². The molecule has 0 bridgehead atoms. The van der Waals surface area contributed by atoms with Crippen molar-refractivity contribution in [2.75, 3.05) is 25.5 Å². The minimum absolute atomic E-state index is 0.107. The van der Waals surface area contributed by atoms with Gasteiger partial charge in [-0.25, -0.2) is 0 Å². The second-order valence-electron chi connectivity index (χ2n) is 11.1. The van der Waals surface area contributed by atoms with Crippen LogP contribution in [-0.2, 0) is 25.4 Å². The van der Waals surface area contributed by atoms with E-state index in [1.807, 2.05) is 50.6 Å². The molecule has 37 heavy (non-hydrogen) atoms. The van der Waals surface area contributed by atoms with E-state index in [9.17, 15) is 9.59 Å². The van der Waals surface area contributed by atoms with Gasteiger partial charge >= 0.3 is 13.1 Å². The third kappa shape index (κ3) is 4.80. The van der Waals surface area contributed by atoms with Gasteiger partial charge < -0.3 is 19.4 Å². The van der Waals surface area contributed by atoms with Crippen molar-refractivity contribution in [1.29, 1.82) is 0 Å². The first kappa shape index (κ1) is 26.2. The molecule has 2 atom stereocenters. The van der Waals surface area contributed by atoms with Crippen LogP contribution in [-0.4, -0.2) is 65.1 Å². The molecule has 0 spiro atoms. The molecule has 1 N–H and O–H groups in total. The number of anilines is 1. The Kier molecular flexibility index (Phi) is 6.89. The van der Waals surface area contributed by atoms with Crippen LogP contribution in [0.25, 0.3) is 0 Å². The normalized spacial score (nSPS) is 24.6. The molecule has 2 saturated heterocycles. The van der Waals surface area contributed by atoms with Crippen LogP contribution < -0.4 is 10.8 Å². The molecule has 198 valence electrons. The average Bonchev–Trinajstić information content (AvgIpc) is 3.56. The smallest absolute Gasteiger partial charge is 0.469 e. The lowest BCUT2D eigenvalue weighted by atomic mass is 9.79. The number of hydrogen-bond acceptors (Lipinski definition) is 7. The number of carbonyl (C=O) groups excluding carboxylic acids is 2. The number of benzene rings is 1. The summed E-state index contributed by atoms with van der Waals surface area (Å²) in [7, 11) is 0.799. The Bertz CT molecular complexity index is 1200. The molecule has 11 heteroatoms. The van der Waals surface area contributed by atoms with Gasteiger partial charge in [0.25, 0.3) is 5.91 Å². The van der Waals surface area contributed by atoms with Crippen molar-refractivity contribution < 1.29 is 23.6 Å². The van der Waals surface area contributed by atoms with Crippen LogP contribution in [0.3, 0.4) is 0 Å². The highest BCUT2D eigenvalue weighted by atomic mass is 35.5. The van der Waals surface area contributed by atoms with E-state index >= 15 is 0 Å².